The minimum absolute atomic E-state index is 0.264. The zero-order valence-electron chi connectivity index (χ0n) is 14.6. The normalized spacial score (nSPS) is 32.4. The molecule has 2 rings (SSSR count). The van der Waals surface area contributed by atoms with Crippen LogP contribution < -0.4 is 5.32 Å². The van der Waals surface area contributed by atoms with Gasteiger partial charge in [0.05, 0.1) is 11.7 Å². The molecule has 0 aromatic carbocycles. The van der Waals surface area contributed by atoms with E-state index in [-0.39, 0.29) is 11.7 Å². The average Bonchev–Trinajstić information content (AvgIpc) is 3.08. The monoisotopic (exact) mass is 294 g/mol. The van der Waals surface area contributed by atoms with E-state index in [9.17, 15) is 4.79 Å². The summed E-state index contributed by atoms with van der Waals surface area (Å²) in [6, 6.07) is 0.346. The van der Waals surface area contributed by atoms with Crippen LogP contribution in [0.5, 0.6) is 0 Å². The molecule has 21 heavy (non-hydrogen) atoms. The van der Waals surface area contributed by atoms with E-state index in [1.54, 1.807) is 0 Å². The SMILES string of the molecule is CCC(CC)C(C)N1C(=O)C(C)(CC)NC1C1CCCC1. The number of hydrogen-bond donors (Lipinski definition) is 1. The molecule has 2 fully saturated rings. The van der Waals surface area contributed by atoms with Gasteiger partial charge in [0, 0.05) is 6.04 Å². The van der Waals surface area contributed by atoms with Gasteiger partial charge in [-0.1, -0.05) is 46.5 Å². The largest absolute Gasteiger partial charge is 0.322 e. The van der Waals surface area contributed by atoms with E-state index < -0.39 is 0 Å². The third-order valence-electron chi connectivity index (χ3n) is 6.20. The summed E-state index contributed by atoms with van der Waals surface area (Å²) < 4.78 is 0. The van der Waals surface area contributed by atoms with E-state index in [2.05, 4.69) is 44.8 Å². The maximum atomic E-state index is 13.1. The predicted molar refractivity (Wildman–Crippen MR) is 88.0 cm³/mol. The maximum absolute atomic E-state index is 13.1. The number of nitrogens with one attached hydrogen (secondary N) is 1. The van der Waals surface area contributed by atoms with Gasteiger partial charge in [0.15, 0.2) is 0 Å². The molecule has 0 aromatic rings. The maximum Gasteiger partial charge on any atom is 0.244 e. The average molecular weight is 294 g/mol. The minimum Gasteiger partial charge on any atom is -0.322 e. The van der Waals surface area contributed by atoms with Crippen LogP contribution in [0.1, 0.15) is 79.6 Å². The lowest BCUT2D eigenvalue weighted by Gasteiger charge is -2.37. The molecule has 0 bridgehead atoms. The van der Waals surface area contributed by atoms with Crippen LogP contribution in [0.25, 0.3) is 0 Å². The fraction of sp³-hybridized carbons (Fsp3) is 0.944. The first kappa shape index (κ1) is 16.8. The molecule has 122 valence electrons. The molecule has 1 aliphatic carbocycles. The van der Waals surface area contributed by atoms with E-state index >= 15 is 0 Å². The highest BCUT2D eigenvalue weighted by Gasteiger charge is 2.51. The van der Waals surface area contributed by atoms with Gasteiger partial charge < -0.3 is 4.90 Å². The molecule has 1 aliphatic heterocycles. The molecule has 0 spiro atoms. The Morgan fingerprint density at radius 3 is 2.29 bits per heavy atom. The lowest BCUT2D eigenvalue weighted by molar-refractivity contribution is -0.136. The second-order valence-electron chi connectivity index (χ2n) is 7.35. The Bertz CT molecular complexity index is 360. The Labute approximate surface area is 130 Å². The number of nitrogens with zero attached hydrogens (tertiary/aromatic N) is 1. The second-order valence-corrected chi connectivity index (χ2v) is 7.35. The van der Waals surface area contributed by atoms with Crippen LogP contribution >= 0.6 is 0 Å². The molecule has 3 nitrogen and oxygen atoms in total. The summed E-state index contributed by atoms with van der Waals surface area (Å²) in [4.78, 5) is 15.3. The van der Waals surface area contributed by atoms with Gasteiger partial charge in [-0.15, -0.1) is 0 Å². The highest BCUT2D eigenvalue weighted by Crippen LogP contribution is 2.38. The molecule has 1 saturated carbocycles. The minimum atomic E-state index is -0.354. The zero-order valence-corrected chi connectivity index (χ0v) is 14.6. The molecule has 2 aliphatic rings. The van der Waals surface area contributed by atoms with Crippen LogP contribution in [0.2, 0.25) is 0 Å². The second kappa shape index (κ2) is 6.68. The van der Waals surface area contributed by atoms with Gasteiger partial charge in [-0.25, -0.2) is 0 Å². The Hall–Kier alpha value is -0.570. The van der Waals surface area contributed by atoms with Crippen molar-refractivity contribution in [3.8, 4) is 0 Å². The third kappa shape index (κ3) is 2.99. The topological polar surface area (TPSA) is 32.3 Å². The van der Waals surface area contributed by atoms with E-state index in [4.69, 9.17) is 0 Å². The number of amides is 1. The Kier molecular flexibility index (Phi) is 5.34. The quantitative estimate of drug-likeness (QED) is 0.805. The van der Waals surface area contributed by atoms with Crippen LogP contribution in [0, 0.1) is 11.8 Å². The summed E-state index contributed by atoms with van der Waals surface area (Å²) in [6.07, 6.45) is 8.65. The van der Waals surface area contributed by atoms with Gasteiger partial charge in [-0.2, -0.15) is 0 Å². The first-order chi connectivity index (χ1) is 9.98. The van der Waals surface area contributed by atoms with Crippen LogP contribution in [0.3, 0.4) is 0 Å². The number of carbonyl (C=O) groups excluding carboxylic acids is 1. The molecule has 1 heterocycles. The van der Waals surface area contributed by atoms with Gasteiger partial charge in [-0.3, -0.25) is 10.1 Å². The lowest BCUT2D eigenvalue weighted by Crippen LogP contribution is -2.49. The molecule has 0 radical (unpaired) electrons. The molecule has 3 heteroatoms. The van der Waals surface area contributed by atoms with Crippen molar-refractivity contribution in [1.82, 2.24) is 10.2 Å². The van der Waals surface area contributed by atoms with Gasteiger partial charge >= 0.3 is 0 Å². The van der Waals surface area contributed by atoms with Crippen molar-refractivity contribution in [2.45, 2.75) is 97.3 Å². The van der Waals surface area contributed by atoms with E-state index in [0.717, 1.165) is 19.3 Å². The highest BCUT2D eigenvalue weighted by molar-refractivity contribution is 5.88. The van der Waals surface area contributed by atoms with Gasteiger partial charge in [0.2, 0.25) is 5.91 Å². The Balaban J connectivity index is 2.26. The van der Waals surface area contributed by atoms with E-state index in [0.29, 0.717) is 23.8 Å². The first-order valence-electron chi connectivity index (χ1n) is 9.08. The molecule has 1 saturated heterocycles. The van der Waals surface area contributed by atoms with Crippen LogP contribution in [-0.2, 0) is 4.79 Å². The summed E-state index contributed by atoms with van der Waals surface area (Å²) in [7, 11) is 0. The van der Waals surface area contributed by atoms with Crippen molar-refractivity contribution < 1.29 is 4.79 Å². The van der Waals surface area contributed by atoms with Crippen molar-refractivity contribution in [3.63, 3.8) is 0 Å². The van der Waals surface area contributed by atoms with Gasteiger partial charge in [0.1, 0.15) is 0 Å². The number of hydrogen-bond acceptors (Lipinski definition) is 2. The van der Waals surface area contributed by atoms with Crippen molar-refractivity contribution in [2.24, 2.45) is 11.8 Å². The highest BCUT2D eigenvalue weighted by atomic mass is 16.2. The van der Waals surface area contributed by atoms with Crippen molar-refractivity contribution in [3.05, 3.63) is 0 Å². The zero-order chi connectivity index (χ0) is 15.6. The van der Waals surface area contributed by atoms with E-state index in [1.807, 2.05) is 0 Å². The Morgan fingerprint density at radius 1 is 1.24 bits per heavy atom. The Morgan fingerprint density at radius 2 is 1.81 bits per heavy atom. The smallest absolute Gasteiger partial charge is 0.244 e. The van der Waals surface area contributed by atoms with Crippen molar-refractivity contribution in [2.75, 3.05) is 0 Å². The van der Waals surface area contributed by atoms with Gasteiger partial charge in [-0.05, 0) is 44.9 Å². The van der Waals surface area contributed by atoms with Crippen molar-refractivity contribution >= 4 is 5.91 Å². The fourth-order valence-electron chi connectivity index (χ4n) is 4.38. The number of rotatable bonds is 6. The molecule has 0 aromatic heterocycles. The van der Waals surface area contributed by atoms with Crippen molar-refractivity contribution in [1.29, 1.82) is 0 Å². The summed E-state index contributed by atoms with van der Waals surface area (Å²) in [5.41, 5.74) is -0.354. The number of carbonyl (C=O) groups is 1. The predicted octanol–water partition coefficient (Wildman–Crippen LogP) is 3.93. The summed E-state index contributed by atoms with van der Waals surface area (Å²) in [5.74, 6) is 1.60. The van der Waals surface area contributed by atoms with Crippen LogP contribution in [-0.4, -0.2) is 28.6 Å². The molecular weight excluding hydrogens is 260 g/mol. The van der Waals surface area contributed by atoms with Gasteiger partial charge in [0.25, 0.3) is 0 Å². The molecule has 1 N–H and O–H groups in total. The van der Waals surface area contributed by atoms with Crippen LogP contribution in [0.4, 0.5) is 0 Å². The standard InChI is InChI=1S/C18H34N2O/c1-6-14(7-2)13(4)20-16(15-11-9-10-12-15)19-18(5,8-3)17(20)21/h13-16,19H,6-12H2,1-5H3. The first-order valence-corrected chi connectivity index (χ1v) is 9.08. The molecular formula is C18H34N2O. The molecule has 3 unspecified atom stereocenters. The van der Waals surface area contributed by atoms with E-state index in [1.165, 1.54) is 25.7 Å². The summed E-state index contributed by atoms with van der Waals surface area (Å²) >= 11 is 0. The molecule has 3 atom stereocenters. The fourth-order valence-corrected chi connectivity index (χ4v) is 4.38. The lowest BCUT2D eigenvalue weighted by atomic mass is 9.92. The van der Waals surface area contributed by atoms with Crippen LogP contribution in [0.15, 0.2) is 0 Å². The summed E-state index contributed by atoms with van der Waals surface area (Å²) in [5, 5.41) is 3.72. The molecule has 1 amide bonds. The third-order valence-corrected chi connectivity index (χ3v) is 6.20. The summed E-state index contributed by atoms with van der Waals surface area (Å²) in [6.45, 7) is 11.0.